The molecule has 2 rings (SSSR count). The molecule has 6 nitrogen and oxygen atoms in total. The molecule has 1 aromatic heterocycles. The van der Waals surface area contributed by atoms with Gasteiger partial charge in [-0.1, -0.05) is 13.8 Å². The van der Waals surface area contributed by atoms with Gasteiger partial charge in [-0.25, -0.2) is 15.8 Å². The molecule has 21 heavy (non-hydrogen) atoms. The maximum absolute atomic E-state index is 5.65. The summed E-state index contributed by atoms with van der Waals surface area (Å²) in [6.45, 7) is 9.57. The van der Waals surface area contributed by atoms with Crippen LogP contribution in [0.3, 0.4) is 0 Å². The van der Waals surface area contributed by atoms with Gasteiger partial charge < -0.3 is 15.2 Å². The summed E-state index contributed by atoms with van der Waals surface area (Å²) in [6, 6.07) is 0.457. The Morgan fingerprint density at radius 2 is 2.00 bits per heavy atom. The minimum absolute atomic E-state index is 0.355. The summed E-state index contributed by atoms with van der Waals surface area (Å²) in [4.78, 5) is 14.1. The highest BCUT2D eigenvalue weighted by Gasteiger charge is 2.24. The highest BCUT2D eigenvalue weighted by Crippen LogP contribution is 2.25. The lowest BCUT2D eigenvalue weighted by Crippen LogP contribution is -2.51. The van der Waals surface area contributed by atoms with Crippen molar-refractivity contribution in [3.63, 3.8) is 0 Å². The minimum atomic E-state index is 0.355. The third-order valence-electron chi connectivity index (χ3n) is 4.29. The van der Waals surface area contributed by atoms with Gasteiger partial charge in [0.05, 0.1) is 0 Å². The van der Waals surface area contributed by atoms with Gasteiger partial charge in [-0.15, -0.1) is 0 Å². The molecule has 0 aliphatic carbocycles. The third kappa shape index (κ3) is 3.70. The summed E-state index contributed by atoms with van der Waals surface area (Å²) in [6.07, 6.45) is 0.856. The van der Waals surface area contributed by atoms with Crippen molar-refractivity contribution in [2.75, 3.05) is 39.2 Å². The average molecular weight is 292 g/mol. The molecular weight excluding hydrogens is 264 g/mol. The van der Waals surface area contributed by atoms with Crippen molar-refractivity contribution < 1.29 is 0 Å². The van der Waals surface area contributed by atoms with Crippen molar-refractivity contribution in [1.82, 2.24) is 19.8 Å². The zero-order chi connectivity index (χ0) is 15.6. The number of piperazine rings is 1. The Morgan fingerprint density at radius 1 is 1.29 bits per heavy atom. The Hall–Kier alpha value is -1.24. The van der Waals surface area contributed by atoms with Gasteiger partial charge in [0.15, 0.2) is 0 Å². The van der Waals surface area contributed by atoms with E-state index in [0.717, 1.165) is 49.0 Å². The first-order valence-electron chi connectivity index (χ1n) is 7.65. The fraction of sp³-hybridized carbons (Fsp3) is 0.733. The molecule has 1 saturated heterocycles. The third-order valence-corrected chi connectivity index (χ3v) is 4.29. The van der Waals surface area contributed by atoms with E-state index >= 15 is 0 Å². The first kappa shape index (κ1) is 16.1. The van der Waals surface area contributed by atoms with Crippen molar-refractivity contribution in [3.05, 3.63) is 17.1 Å². The van der Waals surface area contributed by atoms with Crippen LogP contribution < -0.4 is 11.3 Å². The highest BCUT2D eigenvalue weighted by atomic mass is 15.3. The van der Waals surface area contributed by atoms with Crippen LogP contribution in [0.2, 0.25) is 0 Å². The van der Waals surface area contributed by atoms with Crippen LogP contribution in [0.4, 0.5) is 5.82 Å². The van der Waals surface area contributed by atoms with Crippen LogP contribution in [0.1, 0.15) is 36.8 Å². The molecule has 6 heteroatoms. The topological polar surface area (TPSA) is 70.3 Å². The zero-order valence-corrected chi connectivity index (χ0v) is 13.8. The fourth-order valence-electron chi connectivity index (χ4n) is 3.06. The number of hydrazine groups is 1. The minimum Gasteiger partial charge on any atom is -0.308 e. The van der Waals surface area contributed by atoms with Gasteiger partial charge in [0.2, 0.25) is 0 Å². The molecule has 3 N–H and O–H groups in total. The maximum atomic E-state index is 5.65. The first-order valence-corrected chi connectivity index (χ1v) is 7.65. The van der Waals surface area contributed by atoms with Crippen LogP contribution in [-0.4, -0.2) is 59.5 Å². The second-order valence-corrected chi connectivity index (χ2v) is 6.39. The summed E-state index contributed by atoms with van der Waals surface area (Å²) in [5, 5.41) is 0. The van der Waals surface area contributed by atoms with Crippen LogP contribution in [0.15, 0.2) is 0 Å². The Balaban J connectivity index is 2.22. The van der Waals surface area contributed by atoms with Gasteiger partial charge in [-0.05, 0) is 26.9 Å². The number of rotatable bonds is 4. The number of nitrogens with zero attached hydrogens (tertiary/aromatic N) is 4. The number of anilines is 1. The van der Waals surface area contributed by atoms with E-state index < -0.39 is 0 Å². The van der Waals surface area contributed by atoms with E-state index in [1.807, 2.05) is 6.92 Å². The normalized spacial score (nSPS) is 21.0. The van der Waals surface area contributed by atoms with Crippen molar-refractivity contribution in [1.29, 1.82) is 0 Å². The number of nitrogen functional groups attached to an aromatic ring is 1. The number of aromatic nitrogens is 2. The smallest absolute Gasteiger partial charge is 0.147 e. The molecule has 0 aromatic carbocycles. The number of likely N-dealkylation sites (N-methyl/N-ethyl adjacent to an activating group) is 2. The van der Waals surface area contributed by atoms with Crippen molar-refractivity contribution >= 4 is 5.82 Å². The highest BCUT2D eigenvalue weighted by molar-refractivity contribution is 5.47. The van der Waals surface area contributed by atoms with Gasteiger partial charge in [-0.3, -0.25) is 0 Å². The largest absolute Gasteiger partial charge is 0.308 e. The molecule has 1 aromatic rings. The Bertz CT molecular complexity index is 487. The fourth-order valence-corrected chi connectivity index (χ4v) is 3.06. The molecule has 1 aliphatic heterocycles. The van der Waals surface area contributed by atoms with Gasteiger partial charge in [0.25, 0.3) is 0 Å². The maximum Gasteiger partial charge on any atom is 0.147 e. The van der Waals surface area contributed by atoms with Crippen molar-refractivity contribution in [2.45, 2.75) is 39.2 Å². The number of nitrogens with one attached hydrogen (secondary N) is 1. The van der Waals surface area contributed by atoms with Crippen LogP contribution in [0.5, 0.6) is 0 Å². The molecule has 118 valence electrons. The number of hydrogen-bond donors (Lipinski definition) is 2. The molecule has 1 fully saturated rings. The van der Waals surface area contributed by atoms with Crippen LogP contribution in [-0.2, 0) is 6.42 Å². The molecule has 2 heterocycles. The molecule has 1 atom stereocenters. The molecule has 0 radical (unpaired) electrons. The molecule has 0 spiro atoms. The summed E-state index contributed by atoms with van der Waals surface area (Å²) in [7, 11) is 4.34. The van der Waals surface area contributed by atoms with Crippen LogP contribution in [0.25, 0.3) is 0 Å². The monoisotopic (exact) mass is 292 g/mol. The van der Waals surface area contributed by atoms with E-state index in [2.05, 4.69) is 48.2 Å². The van der Waals surface area contributed by atoms with Crippen molar-refractivity contribution in [2.24, 2.45) is 5.84 Å². The zero-order valence-electron chi connectivity index (χ0n) is 13.8. The predicted molar refractivity (Wildman–Crippen MR) is 86.3 cm³/mol. The Morgan fingerprint density at radius 3 is 2.62 bits per heavy atom. The molecule has 0 bridgehead atoms. The van der Waals surface area contributed by atoms with Crippen LogP contribution in [0, 0.1) is 6.92 Å². The molecule has 0 saturated carbocycles. The summed E-state index contributed by atoms with van der Waals surface area (Å²) in [5.74, 6) is 7.64. The summed E-state index contributed by atoms with van der Waals surface area (Å²) >= 11 is 0. The molecule has 1 unspecified atom stereocenters. The van der Waals surface area contributed by atoms with Gasteiger partial charge in [-0.2, -0.15) is 0 Å². The average Bonchev–Trinajstić information content (AvgIpc) is 2.41. The van der Waals surface area contributed by atoms with Crippen LogP contribution >= 0.6 is 0 Å². The first-order chi connectivity index (χ1) is 9.92. The lowest BCUT2D eigenvalue weighted by atomic mass is 10.0. The summed E-state index contributed by atoms with van der Waals surface area (Å²) < 4.78 is 0. The quantitative estimate of drug-likeness (QED) is 0.637. The lowest BCUT2D eigenvalue weighted by molar-refractivity contribution is 0.113. The molecular formula is C15H28N6. The van der Waals surface area contributed by atoms with E-state index in [0.29, 0.717) is 12.0 Å². The van der Waals surface area contributed by atoms with E-state index in [4.69, 9.17) is 10.8 Å². The van der Waals surface area contributed by atoms with Crippen molar-refractivity contribution in [3.8, 4) is 0 Å². The number of aryl methyl sites for hydroxylation is 1. The number of nitrogens with two attached hydrogens (primary N) is 1. The van der Waals surface area contributed by atoms with E-state index in [1.54, 1.807) is 0 Å². The standard InChI is InChI=1S/C15H28N6/c1-10(2)14-11(3)17-13(18-15(14)19-16)8-12-9-20(4)6-7-21(12)5/h10,12H,6-9,16H2,1-5H3,(H,17,18,19). The van der Waals surface area contributed by atoms with Gasteiger partial charge >= 0.3 is 0 Å². The number of hydrogen-bond acceptors (Lipinski definition) is 6. The Kier molecular flexibility index (Phi) is 5.13. The second kappa shape index (κ2) is 6.68. The molecule has 1 aliphatic rings. The van der Waals surface area contributed by atoms with E-state index in [1.165, 1.54) is 0 Å². The van der Waals surface area contributed by atoms with Gasteiger partial charge in [0.1, 0.15) is 11.6 Å². The predicted octanol–water partition coefficient (Wildman–Crippen LogP) is 0.982. The second-order valence-electron chi connectivity index (χ2n) is 6.39. The molecule has 0 amide bonds. The Labute approximate surface area is 127 Å². The SMILES string of the molecule is Cc1nc(CC2CN(C)CCN2C)nc(NN)c1C(C)C. The lowest BCUT2D eigenvalue weighted by Gasteiger charge is -2.37. The van der Waals surface area contributed by atoms with E-state index in [-0.39, 0.29) is 0 Å². The van der Waals surface area contributed by atoms with E-state index in [9.17, 15) is 0 Å². The summed E-state index contributed by atoms with van der Waals surface area (Å²) in [5.41, 5.74) is 4.87. The van der Waals surface area contributed by atoms with Gasteiger partial charge in [0, 0.05) is 43.4 Å².